The van der Waals surface area contributed by atoms with Crippen LogP contribution in [0.5, 0.6) is 0 Å². The lowest BCUT2D eigenvalue weighted by atomic mass is 10.1. The van der Waals surface area contributed by atoms with E-state index in [0.717, 1.165) is 37.2 Å². The van der Waals surface area contributed by atoms with Crippen LogP contribution in [0.2, 0.25) is 0 Å². The van der Waals surface area contributed by atoms with Gasteiger partial charge in [0.25, 0.3) is 11.3 Å². The number of nitrogens with zero attached hydrogens (tertiary/aromatic N) is 4. The monoisotopic (exact) mass is 365 g/mol. The quantitative estimate of drug-likeness (QED) is 0.752. The summed E-state index contributed by atoms with van der Waals surface area (Å²) in [6.07, 6.45) is 2.09. The lowest BCUT2D eigenvalue weighted by Crippen LogP contribution is -2.35. The van der Waals surface area contributed by atoms with Gasteiger partial charge in [-0.2, -0.15) is 9.50 Å². The van der Waals surface area contributed by atoms with E-state index in [1.807, 2.05) is 37.3 Å². The number of nitrogens with one attached hydrogen (secondary N) is 1. The van der Waals surface area contributed by atoms with E-state index in [1.54, 1.807) is 0 Å². The zero-order valence-electron chi connectivity index (χ0n) is 15.4. The highest BCUT2D eigenvalue weighted by Crippen LogP contribution is 2.18. The molecule has 7 heteroatoms. The number of aromatic nitrogens is 4. The highest BCUT2D eigenvalue weighted by molar-refractivity contribution is 5.56. The fourth-order valence-electron chi connectivity index (χ4n) is 3.33. The van der Waals surface area contributed by atoms with E-state index in [-0.39, 0.29) is 11.7 Å². The molecule has 2 aromatic heterocycles. The highest BCUT2D eigenvalue weighted by Gasteiger charge is 2.19. The van der Waals surface area contributed by atoms with Crippen molar-refractivity contribution in [3.63, 3.8) is 0 Å². The van der Waals surface area contributed by atoms with E-state index in [1.165, 1.54) is 10.6 Å². The third-order valence-corrected chi connectivity index (χ3v) is 4.88. The standard InChI is InChI=1S/C20H23N5O2/c1-14(2)24-10-8-17(9-11-24)27-13-16-12-18(26)25-20(21-16)22-19(23-25)15-6-4-3-5-7-15/h3-7,12,17H,1,8-11,13H2,2H3,(H,21,22,23). The van der Waals surface area contributed by atoms with Gasteiger partial charge in [0.2, 0.25) is 0 Å². The summed E-state index contributed by atoms with van der Waals surface area (Å²) in [5.74, 6) is 0.975. The second kappa shape index (κ2) is 7.36. The van der Waals surface area contributed by atoms with Crippen molar-refractivity contribution in [3.05, 3.63) is 64.7 Å². The molecule has 0 atom stereocenters. The van der Waals surface area contributed by atoms with Crippen molar-refractivity contribution in [2.75, 3.05) is 13.1 Å². The summed E-state index contributed by atoms with van der Waals surface area (Å²) in [4.78, 5) is 23.6. The molecule has 0 unspecified atom stereocenters. The van der Waals surface area contributed by atoms with Gasteiger partial charge in [0.15, 0.2) is 5.82 Å². The third-order valence-electron chi connectivity index (χ3n) is 4.88. The third kappa shape index (κ3) is 3.78. The van der Waals surface area contributed by atoms with Crippen molar-refractivity contribution in [1.29, 1.82) is 0 Å². The van der Waals surface area contributed by atoms with Crippen LogP contribution in [-0.4, -0.2) is 43.7 Å². The van der Waals surface area contributed by atoms with Gasteiger partial charge in [-0.1, -0.05) is 36.9 Å². The SMILES string of the molecule is C=C(C)N1CCC(OCc2cc(=O)n3[nH]c(-c4ccccc4)nc3n2)CC1. The Kier molecular flexibility index (Phi) is 4.77. The Bertz CT molecular complexity index is 1000. The fraction of sp³-hybridized carbons (Fsp3) is 0.350. The summed E-state index contributed by atoms with van der Waals surface area (Å²) < 4.78 is 7.35. The lowest BCUT2D eigenvalue weighted by Gasteiger charge is -2.33. The fourth-order valence-corrected chi connectivity index (χ4v) is 3.33. The maximum atomic E-state index is 12.4. The number of hydrogen-bond acceptors (Lipinski definition) is 5. The lowest BCUT2D eigenvalue weighted by molar-refractivity contribution is 0.00215. The van der Waals surface area contributed by atoms with Crippen LogP contribution in [0.3, 0.4) is 0 Å². The Morgan fingerprint density at radius 1 is 1.26 bits per heavy atom. The molecular weight excluding hydrogens is 342 g/mol. The van der Waals surface area contributed by atoms with E-state index in [2.05, 4.69) is 26.5 Å². The molecule has 1 fully saturated rings. The molecule has 4 rings (SSSR count). The van der Waals surface area contributed by atoms with Crippen molar-refractivity contribution in [1.82, 2.24) is 24.5 Å². The van der Waals surface area contributed by atoms with Crippen LogP contribution in [0.1, 0.15) is 25.5 Å². The Labute approximate surface area is 157 Å². The van der Waals surface area contributed by atoms with E-state index >= 15 is 0 Å². The van der Waals surface area contributed by atoms with Crippen LogP contribution in [-0.2, 0) is 11.3 Å². The molecule has 0 spiro atoms. The maximum Gasteiger partial charge on any atom is 0.274 e. The molecule has 0 bridgehead atoms. The van der Waals surface area contributed by atoms with Gasteiger partial charge in [-0.25, -0.2) is 4.98 Å². The molecule has 3 aromatic rings. The number of allylic oxidation sites excluding steroid dienone is 1. The summed E-state index contributed by atoms with van der Waals surface area (Å²) in [7, 11) is 0. The largest absolute Gasteiger partial charge is 0.375 e. The number of ether oxygens (including phenoxy) is 1. The zero-order valence-corrected chi connectivity index (χ0v) is 15.4. The number of H-pyrrole nitrogens is 1. The average Bonchev–Trinajstić information content (AvgIpc) is 3.12. The van der Waals surface area contributed by atoms with E-state index in [9.17, 15) is 4.79 Å². The molecule has 1 aromatic carbocycles. The number of hydrogen-bond donors (Lipinski definition) is 1. The number of fused-ring (bicyclic) bond motifs is 1. The van der Waals surface area contributed by atoms with Crippen molar-refractivity contribution < 1.29 is 4.74 Å². The minimum Gasteiger partial charge on any atom is -0.375 e. The Balaban J connectivity index is 1.47. The Morgan fingerprint density at radius 3 is 2.70 bits per heavy atom. The molecule has 0 aliphatic carbocycles. The molecule has 7 nitrogen and oxygen atoms in total. The van der Waals surface area contributed by atoms with Gasteiger partial charge in [-0.3, -0.25) is 9.89 Å². The van der Waals surface area contributed by atoms with Crippen LogP contribution in [0, 0.1) is 0 Å². The number of aromatic amines is 1. The van der Waals surface area contributed by atoms with Crippen molar-refractivity contribution in [3.8, 4) is 11.4 Å². The number of piperidine rings is 1. The van der Waals surface area contributed by atoms with Crippen LogP contribution in [0.4, 0.5) is 0 Å². The summed E-state index contributed by atoms with van der Waals surface area (Å²) in [5, 5.41) is 3.00. The molecule has 3 heterocycles. The smallest absolute Gasteiger partial charge is 0.274 e. The predicted octanol–water partition coefficient (Wildman–Crippen LogP) is 2.60. The van der Waals surface area contributed by atoms with Gasteiger partial charge in [0, 0.05) is 30.4 Å². The van der Waals surface area contributed by atoms with E-state index in [4.69, 9.17) is 4.74 Å². The first kappa shape index (κ1) is 17.5. The minimum atomic E-state index is -0.189. The zero-order chi connectivity index (χ0) is 18.8. The second-order valence-corrected chi connectivity index (χ2v) is 6.89. The molecule has 0 radical (unpaired) electrons. The Morgan fingerprint density at radius 2 is 2.00 bits per heavy atom. The molecule has 1 N–H and O–H groups in total. The van der Waals surface area contributed by atoms with Gasteiger partial charge in [-0.15, -0.1) is 0 Å². The van der Waals surface area contributed by atoms with Gasteiger partial charge in [-0.05, 0) is 19.8 Å². The minimum absolute atomic E-state index is 0.180. The van der Waals surface area contributed by atoms with Gasteiger partial charge in [0.1, 0.15) is 0 Å². The van der Waals surface area contributed by atoms with Crippen LogP contribution < -0.4 is 5.56 Å². The summed E-state index contributed by atoms with van der Waals surface area (Å²) in [6.45, 7) is 8.24. The van der Waals surface area contributed by atoms with Crippen molar-refractivity contribution >= 4 is 5.78 Å². The van der Waals surface area contributed by atoms with E-state index < -0.39 is 0 Å². The topological polar surface area (TPSA) is 75.5 Å². The predicted molar refractivity (Wildman–Crippen MR) is 103 cm³/mol. The maximum absolute atomic E-state index is 12.4. The molecule has 140 valence electrons. The normalized spacial score (nSPS) is 15.4. The highest BCUT2D eigenvalue weighted by atomic mass is 16.5. The second-order valence-electron chi connectivity index (χ2n) is 6.89. The van der Waals surface area contributed by atoms with Crippen LogP contribution >= 0.6 is 0 Å². The van der Waals surface area contributed by atoms with Crippen LogP contribution in [0.25, 0.3) is 17.2 Å². The molecule has 1 saturated heterocycles. The first-order valence-electron chi connectivity index (χ1n) is 9.16. The van der Waals surface area contributed by atoms with Crippen molar-refractivity contribution in [2.24, 2.45) is 0 Å². The molecule has 1 aliphatic rings. The molecule has 0 saturated carbocycles. The first-order valence-corrected chi connectivity index (χ1v) is 9.16. The van der Waals surface area contributed by atoms with Crippen LogP contribution in [0.15, 0.2) is 53.5 Å². The molecular formula is C20H23N5O2. The van der Waals surface area contributed by atoms with Gasteiger partial charge in [0.05, 0.1) is 18.4 Å². The molecule has 27 heavy (non-hydrogen) atoms. The molecule has 1 aliphatic heterocycles. The number of likely N-dealkylation sites (tertiary alicyclic amines) is 1. The average molecular weight is 365 g/mol. The number of rotatable bonds is 5. The first-order chi connectivity index (χ1) is 13.1. The van der Waals surface area contributed by atoms with Gasteiger partial charge < -0.3 is 9.64 Å². The summed E-state index contributed by atoms with van der Waals surface area (Å²) in [6, 6.07) is 11.2. The summed E-state index contributed by atoms with van der Waals surface area (Å²) >= 11 is 0. The van der Waals surface area contributed by atoms with Gasteiger partial charge >= 0.3 is 0 Å². The Hall–Kier alpha value is -2.93. The summed E-state index contributed by atoms with van der Waals surface area (Å²) in [5.41, 5.74) is 2.42. The van der Waals surface area contributed by atoms with E-state index in [0.29, 0.717) is 23.9 Å². The molecule has 0 amide bonds. The number of benzene rings is 1. The van der Waals surface area contributed by atoms with Crippen molar-refractivity contribution in [2.45, 2.75) is 32.5 Å².